The second kappa shape index (κ2) is 4.55. The summed E-state index contributed by atoms with van der Waals surface area (Å²) in [6.07, 6.45) is 0. The normalized spacial score (nSPS) is 12.6. The van der Waals surface area contributed by atoms with Gasteiger partial charge in [0.2, 0.25) is 0 Å². The van der Waals surface area contributed by atoms with Crippen LogP contribution in [0.15, 0.2) is 18.2 Å². The van der Waals surface area contributed by atoms with Crippen LogP contribution in [-0.2, 0) is 0 Å². The molecule has 0 heterocycles. The van der Waals surface area contributed by atoms with Crippen molar-refractivity contribution >= 4 is 11.4 Å². The number of hydrogen-bond acceptors (Lipinski definition) is 2. The molecule has 3 N–H and O–H groups in total. The monoisotopic (exact) mass is 238 g/mol. The van der Waals surface area contributed by atoms with E-state index in [1.54, 1.807) is 12.1 Å². The molecule has 2 nitrogen and oxygen atoms in total. The third-order valence-corrected chi connectivity index (χ3v) is 3.77. The Morgan fingerprint density at radius 1 is 1.18 bits per heavy atom. The number of nitrogen functional groups attached to an aromatic ring is 1. The first-order chi connectivity index (χ1) is 7.63. The topological polar surface area (TPSA) is 38.0 Å². The first kappa shape index (κ1) is 13.8. The van der Waals surface area contributed by atoms with Gasteiger partial charge in [0.25, 0.3) is 0 Å². The number of halogens is 1. The molecule has 0 atom stereocenters. The van der Waals surface area contributed by atoms with Crippen LogP contribution in [0.4, 0.5) is 15.8 Å². The number of benzene rings is 1. The van der Waals surface area contributed by atoms with Gasteiger partial charge in [-0.2, -0.15) is 0 Å². The summed E-state index contributed by atoms with van der Waals surface area (Å²) in [7, 11) is 0. The number of nitrogens with two attached hydrogens (primary N) is 1. The maximum atomic E-state index is 13.3. The molecule has 0 amide bonds. The highest BCUT2D eigenvalue weighted by molar-refractivity contribution is 5.52. The second-order valence-electron chi connectivity index (χ2n) is 6.22. The van der Waals surface area contributed by atoms with Gasteiger partial charge in [-0.3, -0.25) is 0 Å². The van der Waals surface area contributed by atoms with E-state index in [1.807, 2.05) is 0 Å². The fourth-order valence-corrected chi connectivity index (χ4v) is 1.23. The zero-order valence-electron chi connectivity index (χ0n) is 11.4. The van der Waals surface area contributed by atoms with Gasteiger partial charge in [-0.05, 0) is 29.0 Å². The van der Waals surface area contributed by atoms with Gasteiger partial charge < -0.3 is 11.1 Å². The van der Waals surface area contributed by atoms with Crippen LogP contribution in [-0.4, -0.2) is 6.54 Å². The maximum absolute atomic E-state index is 13.3. The van der Waals surface area contributed by atoms with Crippen molar-refractivity contribution in [2.45, 2.75) is 34.6 Å². The van der Waals surface area contributed by atoms with E-state index < -0.39 is 0 Å². The fraction of sp³-hybridized carbons (Fsp3) is 0.571. The zero-order valence-corrected chi connectivity index (χ0v) is 11.4. The molecule has 1 rings (SSSR count). The van der Waals surface area contributed by atoms with Crippen LogP contribution in [0.1, 0.15) is 34.6 Å². The molecule has 0 saturated carbocycles. The van der Waals surface area contributed by atoms with Gasteiger partial charge in [-0.1, -0.05) is 34.6 Å². The molecular weight excluding hydrogens is 215 g/mol. The quantitative estimate of drug-likeness (QED) is 0.784. The molecule has 0 unspecified atom stereocenters. The average molecular weight is 238 g/mol. The van der Waals surface area contributed by atoms with Crippen LogP contribution < -0.4 is 11.1 Å². The van der Waals surface area contributed by atoms with Crippen LogP contribution in [0.25, 0.3) is 0 Å². The third kappa shape index (κ3) is 3.35. The van der Waals surface area contributed by atoms with Crippen LogP contribution in [0, 0.1) is 16.6 Å². The third-order valence-electron chi connectivity index (χ3n) is 3.77. The first-order valence-electron chi connectivity index (χ1n) is 5.92. The Bertz CT molecular complexity index is 392. The van der Waals surface area contributed by atoms with E-state index in [-0.39, 0.29) is 22.3 Å². The van der Waals surface area contributed by atoms with Gasteiger partial charge in [0, 0.05) is 12.2 Å². The van der Waals surface area contributed by atoms with Crippen molar-refractivity contribution in [3.63, 3.8) is 0 Å². The van der Waals surface area contributed by atoms with E-state index in [2.05, 4.69) is 39.9 Å². The molecule has 0 bridgehead atoms. The molecule has 1 aromatic rings. The molecule has 1 aromatic carbocycles. The van der Waals surface area contributed by atoms with Crippen molar-refractivity contribution in [3.05, 3.63) is 24.0 Å². The smallest absolute Gasteiger partial charge is 0.148 e. The summed E-state index contributed by atoms with van der Waals surface area (Å²) >= 11 is 0. The molecular formula is C14H23FN2. The molecule has 17 heavy (non-hydrogen) atoms. The highest BCUT2D eigenvalue weighted by Crippen LogP contribution is 2.37. The van der Waals surface area contributed by atoms with Crippen LogP contribution in [0.3, 0.4) is 0 Å². The summed E-state index contributed by atoms with van der Waals surface area (Å²) in [5, 5.41) is 3.26. The van der Waals surface area contributed by atoms with Gasteiger partial charge >= 0.3 is 0 Å². The van der Waals surface area contributed by atoms with E-state index in [9.17, 15) is 4.39 Å². The first-order valence-corrected chi connectivity index (χ1v) is 5.92. The number of hydrogen-bond donors (Lipinski definition) is 2. The lowest BCUT2D eigenvalue weighted by Gasteiger charge is -2.39. The molecule has 0 aliphatic heterocycles. The molecule has 0 saturated heterocycles. The summed E-state index contributed by atoms with van der Waals surface area (Å²) < 4.78 is 13.3. The Morgan fingerprint density at radius 3 is 2.24 bits per heavy atom. The number of anilines is 2. The van der Waals surface area contributed by atoms with E-state index in [0.29, 0.717) is 0 Å². The van der Waals surface area contributed by atoms with Crippen molar-refractivity contribution in [1.82, 2.24) is 0 Å². The lowest BCUT2D eigenvalue weighted by molar-refractivity contribution is 0.148. The molecule has 0 radical (unpaired) electrons. The number of rotatable bonds is 3. The summed E-state index contributed by atoms with van der Waals surface area (Å²) in [5.74, 6) is -0.372. The van der Waals surface area contributed by atoms with Gasteiger partial charge in [0.1, 0.15) is 5.82 Å². The summed E-state index contributed by atoms with van der Waals surface area (Å²) in [4.78, 5) is 0. The van der Waals surface area contributed by atoms with Crippen LogP contribution in [0.5, 0.6) is 0 Å². The van der Waals surface area contributed by atoms with Crippen molar-refractivity contribution in [2.75, 3.05) is 17.6 Å². The van der Waals surface area contributed by atoms with Crippen molar-refractivity contribution in [1.29, 1.82) is 0 Å². The molecule has 0 aromatic heterocycles. The summed E-state index contributed by atoms with van der Waals surface area (Å²) in [5.41, 5.74) is 6.70. The van der Waals surface area contributed by atoms with Crippen molar-refractivity contribution < 1.29 is 4.39 Å². The maximum Gasteiger partial charge on any atom is 0.148 e. The predicted octanol–water partition coefficient (Wildman–Crippen LogP) is 3.89. The van der Waals surface area contributed by atoms with Gasteiger partial charge in [0.15, 0.2) is 0 Å². The van der Waals surface area contributed by atoms with Gasteiger partial charge in [-0.25, -0.2) is 4.39 Å². The number of nitrogens with one attached hydrogen (secondary N) is 1. The highest BCUT2D eigenvalue weighted by atomic mass is 19.1. The lowest BCUT2D eigenvalue weighted by atomic mass is 9.69. The molecule has 0 spiro atoms. The zero-order chi connectivity index (χ0) is 13.3. The molecule has 0 aliphatic rings. The minimum Gasteiger partial charge on any atom is -0.396 e. The summed E-state index contributed by atoms with van der Waals surface area (Å²) in [6.45, 7) is 11.8. The Kier molecular flexibility index (Phi) is 3.70. The Balaban J connectivity index is 2.71. The fourth-order valence-electron chi connectivity index (χ4n) is 1.23. The highest BCUT2D eigenvalue weighted by Gasteiger charge is 2.32. The lowest BCUT2D eigenvalue weighted by Crippen LogP contribution is -2.36. The van der Waals surface area contributed by atoms with E-state index >= 15 is 0 Å². The predicted molar refractivity (Wildman–Crippen MR) is 72.5 cm³/mol. The largest absolute Gasteiger partial charge is 0.396 e. The minimum absolute atomic E-state index is 0.116. The SMILES string of the molecule is CC(C)(C)C(C)(C)CNc1ccc(N)c(F)c1. The van der Waals surface area contributed by atoms with E-state index in [4.69, 9.17) is 5.73 Å². The Morgan fingerprint density at radius 2 is 1.76 bits per heavy atom. The Hall–Kier alpha value is -1.25. The van der Waals surface area contributed by atoms with Crippen LogP contribution in [0.2, 0.25) is 0 Å². The summed E-state index contributed by atoms with van der Waals surface area (Å²) in [6, 6.07) is 4.83. The van der Waals surface area contributed by atoms with Gasteiger partial charge in [0.05, 0.1) is 5.69 Å². The van der Waals surface area contributed by atoms with Gasteiger partial charge in [-0.15, -0.1) is 0 Å². The van der Waals surface area contributed by atoms with Crippen LogP contribution >= 0.6 is 0 Å². The standard InChI is InChI=1S/C14H23FN2/c1-13(2,3)14(4,5)9-17-10-6-7-12(16)11(15)8-10/h6-8,17H,9,16H2,1-5H3. The molecule has 0 aliphatic carbocycles. The molecule has 96 valence electrons. The second-order valence-corrected chi connectivity index (χ2v) is 6.22. The van der Waals surface area contributed by atoms with E-state index in [1.165, 1.54) is 6.07 Å². The van der Waals surface area contributed by atoms with Crippen molar-refractivity contribution in [3.8, 4) is 0 Å². The van der Waals surface area contributed by atoms with E-state index in [0.717, 1.165) is 12.2 Å². The Labute approximate surface area is 103 Å². The van der Waals surface area contributed by atoms with Crippen molar-refractivity contribution in [2.24, 2.45) is 10.8 Å². The molecule has 3 heteroatoms. The average Bonchev–Trinajstić information content (AvgIpc) is 2.18. The minimum atomic E-state index is -0.372. The molecule has 0 fully saturated rings.